The molecule has 0 bridgehead atoms. The Morgan fingerprint density at radius 2 is 1.77 bits per heavy atom. The lowest BCUT2D eigenvalue weighted by atomic mass is 10.1. The zero-order chi connectivity index (χ0) is 21.9. The molecule has 2 aromatic rings. The number of rotatable bonds is 6. The smallest absolute Gasteiger partial charge is 0.366 e. The normalized spacial score (nSPS) is 16.9. The Labute approximate surface area is 176 Å². The van der Waals surface area contributed by atoms with Gasteiger partial charge in [-0.3, -0.25) is 19.4 Å². The Kier molecular flexibility index (Phi) is 6.79. The molecular weight excluding hydrogens is 417 g/mol. The number of anilines is 1. The molecule has 1 aromatic carbocycles. The van der Waals surface area contributed by atoms with Gasteiger partial charge in [0, 0.05) is 32.7 Å². The molecule has 2 amide bonds. The van der Waals surface area contributed by atoms with Crippen molar-refractivity contribution in [2.75, 3.05) is 31.5 Å². The SMILES string of the molecule is CC(C(=O)Nc1sccc1C(N)=O)N1CCN(Cc2ccc(C(F)(F)F)cc2)CC1. The molecule has 1 unspecified atom stereocenters. The molecule has 3 rings (SSSR count). The van der Waals surface area contributed by atoms with E-state index in [2.05, 4.69) is 10.2 Å². The number of carbonyl (C=O) groups excluding carboxylic acids is 2. The van der Waals surface area contributed by atoms with E-state index < -0.39 is 17.6 Å². The monoisotopic (exact) mass is 440 g/mol. The Hall–Kier alpha value is -2.43. The van der Waals surface area contributed by atoms with Gasteiger partial charge in [-0.05, 0) is 36.1 Å². The number of nitrogens with zero attached hydrogens (tertiary/aromatic N) is 2. The Morgan fingerprint density at radius 3 is 2.33 bits per heavy atom. The molecule has 10 heteroatoms. The van der Waals surface area contributed by atoms with E-state index in [1.165, 1.54) is 23.5 Å². The summed E-state index contributed by atoms with van der Waals surface area (Å²) in [5.74, 6) is -0.799. The van der Waals surface area contributed by atoms with Gasteiger partial charge in [-0.1, -0.05) is 12.1 Å². The van der Waals surface area contributed by atoms with Crippen molar-refractivity contribution < 1.29 is 22.8 Å². The zero-order valence-electron chi connectivity index (χ0n) is 16.4. The molecule has 30 heavy (non-hydrogen) atoms. The third kappa shape index (κ3) is 5.38. The quantitative estimate of drug-likeness (QED) is 0.724. The van der Waals surface area contributed by atoms with Crippen LogP contribution in [0.5, 0.6) is 0 Å². The van der Waals surface area contributed by atoms with E-state index in [1.807, 2.05) is 4.90 Å². The van der Waals surface area contributed by atoms with Crippen molar-refractivity contribution in [2.45, 2.75) is 25.7 Å². The molecule has 1 saturated heterocycles. The molecule has 0 aliphatic carbocycles. The topological polar surface area (TPSA) is 78.7 Å². The second kappa shape index (κ2) is 9.15. The highest BCUT2D eigenvalue weighted by Crippen LogP contribution is 2.29. The van der Waals surface area contributed by atoms with Crippen LogP contribution in [0.25, 0.3) is 0 Å². The van der Waals surface area contributed by atoms with Crippen molar-refractivity contribution in [3.63, 3.8) is 0 Å². The summed E-state index contributed by atoms with van der Waals surface area (Å²) in [6, 6.07) is 6.39. The first-order chi connectivity index (χ1) is 14.1. The number of carbonyl (C=O) groups is 2. The number of hydrogen-bond donors (Lipinski definition) is 2. The average molecular weight is 440 g/mol. The summed E-state index contributed by atoms with van der Waals surface area (Å²) in [5, 5.41) is 4.91. The maximum Gasteiger partial charge on any atom is 0.416 e. The van der Waals surface area contributed by atoms with E-state index in [0.29, 0.717) is 43.3 Å². The highest BCUT2D eigenvalue weighted by molar-refractivity contribution is 7.14. The molecule has 0 saturated carbocycles. The van der Waals surface area contributed by atoms with E-state index in [9.17, 15) is 22.8 Å². The van der Waals surface area contributed by atoms with E-state index in [0.717, 1.165) is 17.7 Å². The minimum Gasteiger partial charge on any atom is -0.366 e. The number of thiophene rings is 1. The summed E-state index contributed by atoms with van der Waals surface area (Å²) in [7, 11) is 0. The zero-order valence-corrected chi connectivity index (χ0v) is 17.2. The van der Waals surface area contributed by atoms with Gasteiger partial charge in [0.25, 0.3) is 5.91 Å². The average Bonchev–Trinajstić information content (AvgIpc) is 3.16. The highest BCUT2D eigenvalue weighted by Gasteiger charge is 2.30. The van der Waals surface area contributed by atoms with Crippen molar-refractivity contribution >= 4 is 28.2 Å². The van der Waals surface area contributed by atoms with Crippen LogP contribution in [0.3, 0.4) is 0 Å². The number of piperazine rings is 1. The number of halogens is 3. The molecule has 162 valence electrons. The van der Waals surface area contributed by atoms with E-state index in [-0.39, 0.29) is 11.9 Å². The van der Waals surface area contributed by atoms with Gasteiger partial charge >= 0.3 is 6.18 Å². The summed E-state index contributed by atoms with van der Waals surface area (Å²) in [5.41, 5.74) is 5.77. The molecule has 0 spiro atoms. The number of benzene rings is 1. The highest BCUT2D eigenvalue weighted by atomic mass is 32.1. The number of alkyl halides is 3. The molecule has 1 aromatic heterocycles. The van der Waals surface area contributed by atoms with Gasteiger partial charge in [-0.15, -0.1) is 11.3 Å². The molecule has 1 fully saturated rings. The minimum atomic E-state index is -4.33. The molecule has 6 nitrogen and oxygen atoms in total. The third-order valence-corrected chi connectivity index (χ3v) is 6.02. The van der Waals surface area contributed by atoms with Crippen LogP contribution < -0.4 is 11.1 Å². The fourth-order valence-corrected chi connectivity index (χ4v) is 4.14. The lowest BCUT2D eigenvalue weighted by Gasteiger charge is -2.37. The van der Waals surface area contributed by atoms with Crippen molar-refractivity contribution in [1.82, 2.24) is 9.80 Å². The van der Waals surface area contributed by atoms with Crippen LogP contribution in [0.1, 0.15) is 28.4 Å². The largest absolute Gasteiger partial charge is 0.416 e. The number of amides is 2. The number of nitrogens with one attached hydrogen (secondary N) is 1. The van der Waals surface area contributed by atoms with Crippen LogP contribution in [0.4, 0.5) is 18.2 Å². The van der Waals surface area contributed by atoms with Crippen LogP contribution >= 0.6 is 11.3 Å². The van der Waals surface area contributed by atoms with Gasteiger partial charge in [0.2, 0.25) is 5.91 Å². The Bertz CT molecular complexity index is 890. The molecule has 1 atom stereocenters. The molecule has 0 radical (unpaired) electrons. The molecular formula is C20H23F3N4O2S. The van der Waals surface area contributed by atoms with Crippen LogP contribution in [0.15, 0.2) is 35.7 Å². The Morgan fingerprint density at radius 1 is 1.13 bits per heavy atom. The maximum atomic E-state index is 12.7. The van der Waals surface area contributed by atoms with Crippen LogP contribution in [0.2, 0.25) is 0 Å². The first-order valence-electron chi connectivity index (χ1n) is 9.46. The summed E-state index contributed by atoms with van der Waals surface area (Å²) < 4.78 is 38.0. The first-order valence-corrected chi connectivity index (χ1v) is 10.3. The van der Waals surface area contributed by atoms with Crippen molar-refractivity contribution in [3.05, 3.63) is 52.4 Å². The number of hydrogen-bond acceptors (Lipinski definition) is 5. The summed E-state index contributed by atoms with van der Waals surface area (Å²) in [6.07, 6.45) is -4.33. The van der Waals surface area contributed by atoms with Crippen molar-refractivity contribution in [1.29, 1.82) is 0 Å². The van der Waals surface area contributed by atoms with Gasteiger partial charge in [-0.2, -0.15) is 13.2 Å². The number of nitrogens with two attached hydrogens (primary N) is 1. The molecule has 1 aliphatic heterocycles. The van der Waals surface area contributed by atoms with Gasteiger partial charge in [-0.25, -0.2) is 0 Å². The minimum absolute atomic E-state index is 0.212. The van der Waals surface area contributed by atoms with E-state index in [1.54, 1.807) is 18.4 Å². The standard InChI is InChI=1S/C20H23F3N4O2S/c1-13(18(29)25-19-16(17(24)28)6-11-30-19)27-9-7-26(8-10-27)12-14-2-4-15(5-3-14)20(21,22)23/h2-6,11,13H,7-10,12H2,1H3,(H2,24,28)(H,25,29). The van der Waals surface area contributed by atoms with Gasteiger partial charge < -0.3 is 11.1 Å². The summed E-state index contributed by atoms with van der Waals surface area (Å²) in [6.45, 7) is 5.07. The predicted molar refractivity (Wildman–Crippen MR) is 109 cm³/mol. The van der Waals surface area contributed by atoms with Crippen LogP contribution in [-0.2, 0) is 17.5 Å². The molecule has 3 N–H and O–H groups in total. The van der Waals surface area contributed by atoms with Crippen molar-refractivity contribution in [3.8, 4) is 0 Å². The fraction of sp³-hybridized carbons (Fsp3) is 0.400. The molecule has 1 aliphatic rings. The summed E-state index contributed by atoms with van der Waals surface area (Å²) in [4.78, 5) is 28.1. The van der Waals surface area contributed by atoms with E-state index >= 15 is 0 Å². The predicted octanol–water partition coefficient (Wildman–Crippen LogP) is 3.01. The second-order valence-electron chi connectivity index (χ2n) is 7.20. The number of primary amides is 1. The third-order valence-electron chi connectivity index (χ3n) is 5.19. The summed E-state index contributed by atoms with van der Waals surface area (Å²) >= 11 is 1.24. The van der Waals surface area contributed by atoms with Crippen LogP contribution in [0, 0.1) is 0 Å². The van der Waals surface area contributed by atoms with Crippen molar-refractivity contribution in [2.24, 2.45) is 5.73 Å². The Balaban J connectivity index is 1.50. The fourth-order valence-electron chi connectivity index (χ4n) is 3.35. The van der Waals surface area contributed by atoms with Gasteiger partial charge in [0.1, 0.15) is 5.00 Å². The lowest BCUT2D eigenvalue weighted by molar-refractivity contribution is -0.137. The van der Waals surface area contributed by atoms with Crippen LogP contribution in [-0.4, -0.2) is 53.8 Å². The molecule has 2 heterocycles. The van der Waals surface area contributed by atoms with Gasteiger partial charge in [0.05, 0.1) is 17.2 Å². The second-order valence-corrected chi connectivity index (χ2v) is 8.12. The first kappa shape index (κ1) is 22.3. The lowest BCUT2D eigenvalue weighted by Crippen LogP contribution is -2.52. The van der Waals surface area contributed by atoms with Gasteiger partial charge in [0.15, 0.2) is 0 Å². The maximum absolute atomic E-state index is 12.7. The van der Waals surface area contributed by atoms with E-state index in [4.69, 9.17) is 5.73 Å².